The molecule has 1 atom stereocenters. The predicted octanol–water partition coefficient (Wildman–Crippen LogP) is 2.52. The molecule has 21 heavy (non-hydrogen) atoms. The highest BCUT2D eigenvalue weighted by molar-refractivity contribution is 5.94. The number of amides is 1. The molecule has 1 fully saturated rings. The standard InChI is InChI=1S/C17H19N3O/c18-11-13-5-7-14(8-6-13)17(21)20-10-2-4-16(20)15-3-1-9-19-12-15/h1,3,5-9,12,16H,2,4,10-11,18H2. The quantitative estimate of drug-likeness (QED) is 0.940. The Hall–Kier alpha value is -2.20. The second-order valence-corrected chi connectivity index (χ2v) is 5.34. The minimum atomic E-state index is 0.0879. The minimum absolute atomic E-state index is 0.0879. The van der Waals surface area contributed by atoms with Crippen LogP contribution in [-0.2, 0) is 6.54 Å². The van der Waals surface area contributed by atoms with E-state index in [0.717, 1.165) is 36.1 Å². The fraction of sp³-hybridized carbons (Fsp3) is 0.294. The maximum atomic E-state index is 12.7. The number of aromatic nitrogens is 1. The van der Waals surface area contributed by atoms with E-state index in [1.807, 2.05) is 47.5 Å². The van der Waals surface area contributed by atoms with Crippen molar-refractivity contribution in [3.63, 3.8) is 0 Å². The van der Waals surface area contributed by atoms with Crippen LogP contribution in [0.15, 0.2) is 48.8 Å². The normalized spacial score (nSPS) is 18.0. The van der Waals surface area contributed by atoms with Crippen LogP contribution in [0.5, 0.6) is 0 Å². The predicted molar refractivity (Wildman–Crippen MR) is 81.6 cm³/mol. The highest BCUT2D eigenvalue weighted by Gasteiger charge is 2.30. The average molecular weight is 281 g/mol. The van der Waals surface area contributed by atoms with Crippen LogP contribution in [0.4, 0.5) is 0 Å². The van der Waals surface area contributed by atoms with Crippen LogP contribution in [0.2, 0.25) is 0 Å². The molecular weight excluding hydrogens is 262 g/mol. The van der Waals surface area contributed by atoms with Crippen LogP contribution in [0.3, 0.4) is 0 Å². The zero-order valence-corrected chi connectivity index (χ0v) is 11.9. The number of benzene rings is 1. The number of carbonyl (C=O) groups excluding carboxylic acids is 1. The number of hydrogen-bond donors (Lipinski definition) is 1. The zero-order chi connectivity index (χ0) is 14.7. The van der Waals surface area contributed by atoms with Gasteiger partial charge in [0.15, 0.2) is 0 Å². The number of nitrogens with zero attached hydrogens (tertiary/aromatic N) is 2. The maximum absolute atomic E-state index is 12.7. The topological polar surface area (TPSA) is 59.2 Å². The molecule has 1 aliphatic rings. The lowest BCUT2D eigenvalue weighted by Gasteiger charge is -2.25. The molecule has 0 spiro atoms. The Labute approximate surface area is 124 Å². The fourth-order valence-corrected chi connectivity index (χ4v) is 2.88. The molecule has 4 nitrogen and oxygen atoms in total. The molecule has 0 saturated carbocycles. The summed E-state index contributed by atoms with van der Waals surface area (Å²) in [7, 11) is 0. The lowest BCUT2D eigenvalue weighted by molar-refractivity contribution is 0.0735. The number of rotatable bonds is 3. The third kappa shape index (κ3) is 2.81. The van der Waals surface area contributed by atoms with Gasteiger partial charge in [0.05, 0.1) is 6.04 Å². The zero-order valence-electron chi connectivity index (χ0n) is 11.9. The van der Waals surface area contributed by atoms with E-state index in [1.165, 1.54) is 0 Å². The highest BCUT2D eigenvalue weighted by atomic mass is 16.2. The smallest absolute Gasteiger partial charge is 0.254 e. The minimum Gasteiger partial charge on any atom is -0.332 e. The molecule has 2 heterocycles. The van der Waals surface area contributed by atoms with E-state index < -0.39 is 0 Å². The summed E-state index contributed by atoms with van der Waals surface area (Å²) in [5.74, 6) is 0.0879. The molecule has 1 saturated heterocycles. The summed E-state index contributed by atoms with van der Waals surface area (Å²) in [5, 5.41) is 0. The summed E-state index contributed by atoms with van der Waals surface area (Å²) in [5.41, 5.74) is 8.47. The van der Waals surface area contributed by atoms with Gasteiger partial charge in [-0.25, -0.2) is 0 Å². The third-order valence-electron chi connectivity index (χ3n) is 4.02. The number of pyridine rings is 1. The van der Waals surface area contributed by atoms with E-state index in [-0.39, 0.29) is 11.9 Å². The molecule has 0 radical (unpaired) electrons. The summed E-state index contributed by atoms with van der Waals surface area (Å²) in [4.78, 5) is 18.8. The first-order valence-corrected chi connectivity index (χ1v) is 7.29. The number of likely N-dealkylation sites (tertiary alicyclic amines) is 1. The van der Waals surface area contributed by atoms with E-state index in [9.17, 15) is 4.79 Å². The molecule has 1 aromatic heterocycles. The summed E-state index contributed by atoms with van der Waals surface area (Å²) in [6, 6.07) is 11.7. The summed E-state index contributed by atoms with van der Waals surface area (Å²) in [6.45, 7) is 1.30. The molecule has 1 aromatic carbocycles. The second kappa shape index (κ2) is 6.06. The van der Waals surface area contributed by atoms with Gasteiger partial charge in [0.2, 0.25) is 0 Å². The Balaban J connectivity index is 1.82. The van der Waals surface area contributed by atoms with Gasteiger partial charge in [-0.15, -0.1) is 0 Å². The van der Waals surface area contributed by atoms with Crippen LogP contribution in [0, 0.1) is 0 Å². The van der Waals surface area contributed by atoms with E-state index in [1.54, 1.807) is 6.20 Å². The van der Waals surface area contributed by atoms with Crippen molar-refractivity contribution in [1.82, 2.24) is 9.88 Å². The van der Waals surface area contributed by atoms with Gasteiger partial charge in [-0.05, 0) is 42.2 Å². The molecule has 0 aliphatic carbocycles. The molecule has 0 bridgehead atoms. The molecule has 108 valence electrons. The molecule has 1 amide bonds. The fourth-order valence-electron chi connectivity index (χ4n) is 2.88. The van der Waals surface area contributed by atoms with Gasteiger partial charge in [0, 0.05) is 31.0 Å². The molecule has 4 heteroatoms. The lowest BCUT2D eigenvalue weighted by Crippen LogP contribution is -2.30. The SMILES string of the molecule is NCc1ccc(C(=O)N2CCCC2c2cccnc2)cc1. The Morgan fingerprint density at radius 1 is 1.29 bits per heavy atom. The number of carbonyl (C=O) groups is 1. The Kier molecular flexibility index (Phi) is 3.97. The summed E-state index contributed by atoms with van der Waals surface area (Å²) < 4.78 is 0. The number of nitrogens with two attached hydrogens (primary N) is 1. The molecule has 3 rings (SSSR count). The van der Waals surface area contributed by atoms with Crippen molar-refractivity contribution < 1.29 is 4.79 Å². The average Bonchev–Trinajstić information content (AvgIpc) is 3.04. The van der Waals surface area contributed by atoms with Crippen molar-refractivity contribution >= 4 is 5.91 Å². The Morgan fingerprint density at radius 2 is 2.10 bits per heavy atom. The second-order valence-electron chi connectivity index (χ2n) is 5.34. The van der Waals surface area contributed by atoms with Gasteiger partial charge in [0.25, 0.3) is 5.91 Å². The van der Waals surface area contributed by atoms with Crippen LogP contribution in [0.25, 0.3) is 0 Å². The van der Waals surface area contributed by atoms with Gasteiger partial charge < -0.3 is 10.6 Å². The van der Waals surface area contributed by atoms with E-state index in [4.69, 9.17) is 5.73 Å². The summed E-state index contributed by atoms with van der Waals surface area (Å²) in [6.07, 6.45) is 5.65. The van der Waals surface area contributed by atoms with Crippen molar-refractivity contribution in [2.24, 2.45) is 5.73 Å². The van der Waals surface area contributed by atoms with E-state index in [0.29, 0.717) is 6.54 Å². The first-order chi connectivity index (χ1) is 10.3. The van der Waals surface area contributed by atoms with Crippen LogP contribution >= 0.6 is 0 Å². The van der Waals surface area contributed by atoms with Gasteiger partial charge in [0.1, 0.15) is 0 Å². The van der Waals surface area contributed by atoms with Crippen molar-refractivity contribution in [2.75, 3.05) is 6.54 Å². The third-order valence-corrected chi connectivity index (χ3v) is 4.02. The maximum Gasteiger partial charge on any atom is 0.254 e. The largest absolute Gasteiger partial charge is 0.332 e. The molecule has 1 unspecified atom stereocenters. The first-order valence-electron chi connectivity index (χ1n) is 7.29. The first kappa shape index (κ1) is 13.8. The van der Waals surface area contributed by atoms with Crippen molar-refractivity contribution in [3.8, 4) is 0 Å². The van der Waals surface area contributed by atoms with Gasteiger partial charge in [-0.2, -0.15) is 0 Å². The van der Waals surface area contributed by atoms with Crippen molar-refractivity contribution in [1.29, 1.82) is 0 Å². The molecule has 1 aliphatic heterocycles. The van der Waals surface area contributed by atoms with Crippen LogP contribution in [0.1, 0.15) is 40.4 Å². The Morgan fingerprint density at radius 3 is 2.76 bits per heavy atom. The number of hydrogen-bond acceptors (Lipinski definition) is 3. The van der Waals surface area contributed by atoms with E-state index in [2.05, 4.69) is 4.98 Å². The summed E-state index contributed by atoms with van der Waals surface area (Å²) >= 11 is 0. The van der Waals surface area contributed by atoms with Crippen LogP contribution < -0.4 is 5.73 Å². The van der Waals surface area contributed by atoms with Gasteiger partial charge >= 0.3 is 0 Å². The molecular formula is C17H19N3O. The van der Waals surface area contributed by atoms with Crippen molar-refractivity contribution in [3.05, 3.63) is 65.5 Å². The van der Waals surface area contributed by atoms with E-state index >= 15 is 0 Å². The van der Waals surface area contributed by atoms with Gasteiger partial charge in [-0.3, -0.25) is 9.78 Å². The highest BCUT2D eigenvalue weighted by Crippen LogP contribution is 2.32. The van der Waals surface area contributed by atoms with Crippen molar-refractivity contribution in [2.45, 2.75) is 25.4 Å². The molecule has 2 N–H and O–H groups in total. The van der Waals surface area contributed by atoms with Crippen LogP contribution in [-0.4, -0.2) is 22.3 Å². The Bertz CT molecular complexity index is 610. The monoisotopic (exact) mass is 281 g/mol. The lowest BCUT2D eigenvalue weighted by atomic mass is 10.1. The van der Waals surface area contributed by atoms with Gasteiger partial charge in [-0.1, -0.05) is 18.2 Å². The molecule has 2 aromatic rings.